The normalized spacial score (nSPS) is 11.6. The van der Waals surface area contributed by atoms with E-state index in [0.717, 1.165) is 16.7 Å². The van der Waals surface area contributed by atoms with Gasteiger partial charge in [-0.3, -0.25) is 18.7 Å². The van der Waals surface area contributed by atoms with Crippen molar-refractivity contribution in [3.8, 4) is 0 Å². The molecule has 0 bridgehead atoms. The number of nitrogens with zero attached hydrogens (tertiary/aromatic N) is 3. The lowest BCUT2D eigenvalue weighted by molar-refractivity contribution is -0.137. The highest BCUT2D eigenvalue weighted by atomic mass is 19.4. The molecule has 0 unspecified atom stereocenters. The Morgan fingerprint density at radius 1 is 1.00 bits per heavy atom. The average Bonchev–Trinajstić information content (AvgIpc) is 2.71. The van der Waals surface area contributed by atoms with E-state index in [9.17, 15) is 27.6 Å². The molecule has 1 amide bonds. The smallest absolute Gasteiger partial charge is 0.340 e. The van der Waals surface area contributed by atoms with Crippen molar-refractivity contribution in [1.82, 2.24) is 14.0 Å². The van der Waals surface area contributed by atoms with Crippen molar-refractivity contribution in [2.24, 2.45) is 0 Å². The molecule has 0 aliphatic rings. The van der Waals surface area contributed by atoms with Crippen LogP contribution in [0.25, 0.3) is 10.9 Å². The molecule has 3 aromatic rings. The minimum absolute atomic E-state index is 0.0804. The molecule has 1 heterocycles. The molecule has 9 heteroatoms. The highest BCUT2D eigenvalue weighted by molar-refractivity contribution is 5.81. The Bertz CT molecular complexity index is 1190. The van der Waals surface area contributed by atoms with E-state index in [0.29, 0.717) is 16.5 Å². The number of rotatable bonds is 5. The molecule has 0 saturated heterocycles. The summed E-state index contributed by atoms with van der Waals surface area (Å²) in [6, 6.07) is 11.1. The molecule has 158 valence electrons. The fraction of sp³-hybridized carbons (Fsp3) is 0.286. The van der Waals surface area contributed by atoms with Gasteiger partial charge in [0, 0.05) is 20.1 Å². The second kappa shape index (κ2) is 8.17. The number of amides is 1. The standard InChI is InChI=1S/C21H20F3N3O3/c1-3-26-19(29)16-6-4-5-7-17(16)27(20(26)30)13-18(28)25(2)12-14-8-10-15(11-9-14)21(22,23)24/h4-11H,3,12-13H2,1-2H3. The second-order valence-electron chi connectivity index (χ2n) is 6.88. The molecule has 6 nitrogen and oxygen atoms in total. The number of hydrogen-bond acceptors (Lipinski definition) is 3. The Morgan fingerprint density at radius 3 is 2.23 bits per heavy atom. The van der Waals surface area contributed by atoms with Gasteiger partial charge in [-0.2, -0.15) is 13.2 Å². The quantitative estimate of drug-likeness (QED) is 0.639. The lowest BCUT2D eigenvalue weighted by Gasteiger charge is -2.20. The molecule has 0 spiro atoms. The predicted molar refractivity (Wildman–Crippen MR) is 106 cm³/mol. The highest BCUT2D eigenvalue weighted by Crippen LogP contribution is 2.29. The maximum Gasteiger partial charge on any atom is 0.416 e. The van der Waals surface area contributed by atoms with E-state index in [2.05, 4.69) is 0 Å². The Hall–Kier alpha value is -3.36. The van der Waals surface area contributed by atoms with E-state index in [1.54, 1.807) is 31.2 Å². The van der Waals surface area contributed by atoms with Crippen molar-refractivity contribution in [3.05, 3.63) is 80.5 Å². The Balaban J connectivity index is 1.86. The van der Waals surface area contributed by atoms with Crippen LogP contribution < -0.4 is 11.2 Å². The Kier molecular flexibility index (Phi) is 5.82. The zero-order chi connectivity index (χ0) is 22.1. The van der Waals surface area contributed by atoms with Crippen molar-refractivity contribution in [2.45, 2.75) is 32.7 Å². The van der Waals surface area contributed by atoms with Crippen LogP contribution in [0.5, 0.6) is 0 Å². The van der Waals surface area contributed by atoms with E-state index >= 15 is 0 Å². The summed E-state index contributed by atoms with van der Waals surface area (Å²) in [6.45, 7) is 1.62. The van der Waals surface area contributed by atoms with Gasteiger partial charge in [-0.05, 0) is 36.8 Å². The van der Waals surface area contributed by atoms with Gasteiger partial charge in [-0.1, -0.05) is 24.3 Å². The van der Waals surface area contributed by atoms with Gasteiger partial charge in [0.05, 0.1) is 16.5 Å². The second-order valence-corrected chi connectivity index (χ2v) is 6.88. The van der Waals surface area contributed by atoms with Crippen LogP contribution in [0, 0.1) is 0 Å². The maximum atomic E-state index is 12.7. The summed E-state index contributed by atoms with van der Waals surface area (Å²) in [7, 11) is 1.50. The van der Waals surface area contributed by atoms with E-state index in [4.69, 9.17) is 0 Å². The molecule has 0 aliphatic heterocycles. The lowest BCUT2D eigenvalue weighted by atomic mass is 10.1. The SMILES string of the molecule is CCn1c(=O)c2ccccc2n(CC(=O)N(C)Cc2ccc(C(F)(F)F)cc2)c1=O. The van der Waals surface area contributed by atoms with Crippen LogP contribution in [0.1, 0.15) is 18.1 Å². The first-order valence-electron chi connectivity index (χ1n) is 9.26. The van der Waals surface area contributed by atoms with E-state index in [1.165, 1.54) is 28.6 Å². The van der Waals surface area contributed by atoms with Gasteiger partial charge in [0.2, 0.25) is 5.91 Å². The Morgan fingerprint density at radius 2 is 1.63 bits per heavy atom. The van der Waals surface area contributed by atoms with Gasteiger partial charge in [-0.25, -0.2) is 4.79 Å². The van der Waals surface area contributed by atoms with Gasteiger partial charge in [-0.15, -0.1) is 0 Å². The third kappa shape index (κ3) is 4.14. The number of para-hydroxylation sites is 1. The fourth-order valence-electron chi connectivity index (χ4n) is 3.22. The molecule has 3 rings (SSSR count). The van der Waals surface area contributed by atoms with Gasteiger partial charge >= 0.3 is 11.9 Å². The molecule has 0 saturated carbocycles. The first-order valence-corrected chi connectivity index (χ1v) is 9.26. The summed E-state index contributed by atoms with van der Waals surface area (Å²) in [5.41, 5.74) is -0.888. The fourth-order valence-corrected chi connectivity index (χ4v) is 3.22. The van der Waals surface area contributed by atoms with Crippen LogP contribution >= 0.6 is 0 Å². The maximum absolute atomic E-state index is 12.7. The van der Waals surface area contributed by atoms with Crippen LogP contribution in [-0.4, -0.2) is 27.0 Å². The van der Waals surface area contributed by atoms with Crippen molar-refractivity contribution in [2.75, 3.05) is 7.05 Å². The number of likely N-dealkylation sites (N-methyl/N-ethyl adjacent to an activating group) is 1. The number of carbonyl (C=O) groups is 1. The van der Waals surface area contributed by atoms with Crippen molar-refractivity contribution >= 4 is 16.8 Å². The molecule has 30 heavy (non-hydrogen) atoms. The third-order valence-electron chi connectivity index (χ3n) is 4.87. The lowest BCUT2D eigenvalue weighted by Crippen LogP contribution is -2.42. The number of benzene rings is 2. The van der Waals surface area contributed by atoms with Crippen LogP contribution in [0.15, 0.2) is 58.1 Å². The van der Waals surface area contributed by atoms with Crippen LogP contribution in [-0.2, 0) is 30.6 Å². The van der Waals surface area contributed by atoms with Gasteiger partial charge in [0.1, 0.15) is 6.54 Å². The first-order chi connectivity index (χ1) is 14.1. The summed E-state index contributed by atoms with van der Waals surface area (Å²) < 4.78 is 40.4. The number of alkyl halides is 3. The summed E-state index contributed by atoms with van der Waals surface area (Å²) in [6.07, 6.45) is -4.43. The van der Waals surface area contributed by atoms with E-state index < -0.39 is 28.9 Å². The number of halogens is 3. The molecule has 2 aromatic carbocycles. The average molecular weight is 419 g/mol. The molecule has 1 aromatic heterocycles. The summed E-state index contributed by atoms with van der Waals surface area (Å²) in [5, 5.41) is 0.331. The molecular weight excluding hydrogens is 399 g/mol. The molecule has 0 atom stereocenters. The minimum Gasteiger partial charge on any atom is -0.340 e. The summed E-state index contributed by atoms with van der Waals surface area (Å²) >= 11 is 0. The molecule has 0 fully saturated rings. The van der Waals surface area contributed by atoms with E-state index in [1.807, 2.05) is 0 Å². The van der Waals surface area contributed by atoms with Crippen LogP contribution in [0.3, 0.4) is 0 Å². The third-order valence-corrected chi connectivity index (χ3v) is 4.87. The van der Waals surface area contributed by atoms with Crippen molar-refractivity contribution in [3.63, 3.8) is 0 Å². The molecular formula is C21H20F3N3O3. The zero-order valence-electron chi connectivity index (χ0n) is 16.4. The minimum atomic E-state index is -4.43. The summed E-state index contributed by atoms with van der Waals surface area (Å²) in [5.74, 6) is -0.413. The van der Waals surface area contributed by atoms with Gasteiger partial charge in [0.25, 0.3) is 5.56 Å². The monoisotopic (exact) mass is 419 g/mol. The topological polar surface area (TPSA) is 64.3 Å². The van der Waals surface area contributed by atoms with Gasteiger partial charge in [0.15, 0.2) is 0 Å². The largest absolute Gasteiger partial charge is 0.416 e. The molecule has 0 N–H and O–H groups in total. The van der Waals surface area contributed by atoms with Crippen LogP contribution in [0.2, 0.25) is 0 Å². The highest BCUT2D eigenvalue weighted by Gasteiger charge is 2.30. The molecule has 0 radical (unpaired) electrons. The van der Waals surface area contributed by atoms with Crippen molar-refractivity contribution in [1.29, 1.82) is 0 Å². The van der Waals surface area contributed by atoms with Gasteiger partial charge < -0.3 is 4.90 Å². The number of hydrogen-bond donors (Lipinski definition) is 0. The van der Waals surface area contributed by atoms with E-state index in [-0.39, 0.29) is 19.6 Å². The number of fused-ring (bicyclic) bond motifs is 1. The van der Waals surface area contributed by atoms with Crippen molar-refractivity contribution < 1.29 is 18.0 Å². The zero-order valence-corrected chi connectivity index (χ0v) is 16.4. The number of carbonyl (C=O) groups excluding carboxylic acids is 1. The first kappa shape index (κ1) is 21.4. The predicted octanol–water partition coefficient (Wildman–Crippen LogP) is 2.86. The van der Waals surface area contributed by atoms with Crippen LogP contribution in [0.4, 0.5) is 13.2 Å². The Labute approximate surface area is 169 Å². The summed E-state index contributed by atoms with van der Waals surface area (Å²) in [4.78, 5) is 39.2. The number of aromatic nitrogens is 2. The molecule has 0 aliphatic carbocycles.